The predicted molar refractivity (Wildman–Crippen MR) is 95.6 cm³/mol. The van der Waals surface area contributed by atoms with Crippen LogP contribution in [0.1, 0.15) is 24.0 Å². The average Bonchev–Trinajstić information content (AvgIpc) is 3.10. The lowest BCUT2D eigenvalue weighted by Gasteiger charge is -2.22. The molecule has 2 nitrogen and oxygen atoms in total. The fraction of sp³-hybridized carbons (Fsp3) is 0.190. The van der Waals surface area contributed by atoms with Crippen molar-refractivity contribution in [3.8, 4) is 11.3 Å². The van der Waals surface area contributed by atoms with Gasteiger partial charge in [0.05, 0.1) is 11.2 Å². The molecule has 3 heteroatoms. The summed E-state index contributed by atoms with van der Waals surface area (Å²) in [4.78, 5) is 8.28. The van der Waals surface area contributed by atoms with Crippen LogP contribution in [0.25, 0.3) is 33.1 Å². The number of rotatable bonds is 1. The van der Waals surface area contributed by atoms with Crippen LogP contribution in [-0.4, -0.2) is 9.97 Å². The maximum absolute atomic E-state index is 13.3. The zero-order valence-corrected chi connectivity index (χ0v) is 13.3. The number of pyridine rings is 1. The van der Waals surface area contributed by atoms with Crippen LogP contribution < -0.4 is 0 Å². The summed E-state index contributed by atoms with van der Waals surface area (Å²) in [7, 11) is 0. The Morgan fingerprint density at radius 2 is 1.67 bits per heavy atom. The highest BCUT2D eigenvalue weighted by molar-refractivity contribution is 6.08. The number of hydrogen-bond donors (Lipinski definition) is 1. The Morgan fingerprint density at radius 3 is 2.50 bits per heavy atom. The predicted octanol–water partition coefficient (Wildman–Crippen LogP) is 5.40. The monoisotopic (exact) mass is 316 g/mol. The molecule has 2 aromatic carbocycles. The number of nitrogens with one attached hydrogen (secondary N) is 1. The minimum absolute atomic E-state index is 0.206. The van der Waals surface area contributed by atoms with Gasteiger partial charge in [0.1, 0.15) is 5.82 Å². The van der Waals surface area contributed by atoms with E-state index in [4.69, 9.17) is 4.98 Å². The smallest absolute Gasteiger partial charge is 0.123 e. The molecule has 5 rings (SSSR count). The van der Waals surface area contributed by atoms with Crippen LogP contribution in [0.2, 0.25) is 0 Å². The molecule has 0 bridgehead atoms. The number of aryl methyl sites for hydroxylation is 1. The summed E-state index contributed by atoms with van der Waals surface area (Å²) in [5.41, 5.74) is 6.98. The molecule has 1 aliphatic carbocycles. The van der Waals surface area contributed by atoms with Gasteiger partial charge in [-0.15, -0.1) is 0 Å². The van der Waals surface area contributed by atoms with Gasteiger partial charge in [-0.25, -0.2) is 9.37 Å². The van der Waals surface area contributed by atoms with Crippen LogP contribution in [-0.2, 0) is 12.8 Å². The van der Waals surface area contributed by atoms with Gasteiger partial charge < -0.3 is 4.98 Å². The molecule has 0 aliphatic heterocycles. The van der Waals surface area contributed by atoms with E-state index in [9.17, 15) is 4.39 Å². The lowest BCUT2D eigenvalue weighted by atomic mass is 9.85. The number of aromatic amines is 1. The summed E-state index contributed by atoms with van der Waals surface area (Å²) in [5.74, 6) is -0.206. The Morgan fingerprint density at radius 1 is 0.875 bits per heavy atom. The Kier molecular flexibility index (Phi) is 2.96. The van der Waals surface area contributed by atoms with Crippen molar-refractivity contribution in [1.82, 2.24) is 9.97 Å². The highest BCUT2D eigenvalue weighted by atomic mass is 19.1. The van der Waals surface area contributed by atoms with Gasteiger partial charge in [0, 0.05) is 28.0 Å². The van der Waals surface area contributed by atoms with Crippen molar-refractivity contribution in [2.45, 2.75) is 25.7 Å². The minimum atomic E-state index is -0.206. The van der Waals surface area contributed by atoms with Crippen LogP contribution in [0.5, 0.6) is 0 Å². The van der Waals surface area contributed by atoms with Gasteiger partial charge in [0.2, 0.25) is 0 Å². The molecule has 0 amide bonds. The first-order valence-electron chi connectivity index (χ1n) is 8.49. The SMILES string of the molecule is Fc1ccc(-c2nc3ccc4[nH]ccc4c3c3c2CCCC3)cc1. The Balaban J connectivity index is 1.88. The molecular formula is C21H17FN2. The summed E-state index contributed by atoms with van der Waals surface area (Å²) >= 11 is 0. The van der Waals surface area contributed by atoms with Crippen molar-refractivity contribution >= 4 is 21.8 Å². The molecule has 1 N–H and O–H groups in total. The third-order valence-electron chi connectivity index (χ3n) is 5.12. The van der Waals surface area contributed by atoms with Crippen LogP contribution >= 0.6 is 0 Å². The van der Waals surface area contributed by atoms with Gasteiger partial charge in [-0.05, 0) is 79.3 Å². The number of nitrogens with zero attached hydrogens (tertiary/aromatic N) is 1. The minimum Gasteiger partial charge on any atom is -0.361 e. The fourth-order valence-corrected chi connectivity index (χ4v) is 4.01. The zero-order chi connectivity index (χ0) is 16.1. The lowest BCUT2D eigenvalue weighted by molar-refractivity contribution is 0.628. The molecule has 0 atom stereocenters. The highest BCUT2D eigenvalue weighted by Gasteiger charge is 2.20. The first-order chi connectivity index (χ1) is 11.8. The zero-order valence-electron chi connectivity index (χ0n) is 13.3. The molecule has 0 fully saturated rings. The van der Waals surface area contributed by atoms with Crippen molar-refractivity contribution in [3.05, 3.63) is 65.6 Å². The van der Waals surface area contributed by atoms with Crippen molar-refractivity contribution in [3.63, 3.8) is 0 Å². The van der Waals surface area contributed by atoms with E-state index in [1.54, 1.807) is 0 Å². The molecule has 2 heterocycles. The van der Waals surface area contributed by atoms with Crippen molar-refractivity contribution in [1.29, 1.82) is 0 Å². The van der Waals surface area contributed by atoms with E-state index in [-0.39, 0.29) is 5.82 Å². The van der Waals surface area contributed by atoms with Crippen LogP contribution in [0, 0.1) is 5.82 Å². The third-order valence-corrected chi connectivity index (χ3v) is 5.12. The van der Waals surface area contributed by atoms with Gasteiger partial charge in [0.25, 0.3) is 0 Å². The summed E-state index contributed by atoms with van der Waals surface area (Å²) in [5, 5.41) is 2.54. The maximum atomic E-state index is 13.3. The Labute approximate surface area is 139 Å². The molecule has 0 radical (unpaired) electrons. The van der Waals surface area contributed by atoms with Gasteiger partial charge in [-0.2, -0.15) is 0 Å². The second-order valence-electron chi connectivity index (χ2n) is 6.53. The second kappa shape index (κ2) is 5.17. The molecule has 0 spiro atoms. The average molecular weight is 316 g/mol. The van der Waals surface area contributed by atoms with E-state index < -0.39 is 0 Å². The number of H-pyrrole nitrogens is 1. The third kappa shape index (κ3) is 1.97. The molecular weight excluding hydrogens is 299 g/mol. The fourth-order valence-electron chi connectivity index (χ4n) is 4.01. The second-order valence-corrected chi connectivity index (χ2v) is 6.53. The van der Waals surface area contributed by atoms with E-state index in [1.165, 1.54) is 46.9 Å². The molecule has 0 unspecified atom stereocenters. The highest BCUT2D eigenvalue weighted by Crippen LogP contribution is 2.37. The summed E-state index contributed by atoms with van der Waals surface area (Å²) in [6.07, 6.45) is 6.54. The van der Waals surface area contributed by atoms with Gasteiger partial charge in [-0.1, -0.05) is 0 Å². The number of aromatic nitrogens is 2. The van der Waals surface area contributed by atoms with Gasteiger partial charge >= 0.3 is 0 Å². The number of benzene rings is 2. The van der Waals surface area contributed by atoms with E-state index in [0.717, 1.165) is 35.1 Å². The maximum Gasteiger partial charge on any atom is 0.123 e. The topological polar surface area (TPSA) is 28.7 Å². The van der Waals surface area contributed by atoms with Crippen LogP contribution in [0.3, 0.4) is 0 Å². The van der Waals surface area contributed by atoms with E-state index in [0.29, 0.717) is 0 Å². The van der Waals surface area contributed by atoms with E-state index in [1.807, 2.05) is 18.3 Å². The molecule has 24 heavy (non-hydrogen) atoms. The van der Waals surface area contributed by atoms with Crippen LogP contribution in [0.15, 0.2) is 48.7 Å². The normalized spacial score (nSPS) is 14.2. The Hall–Kier alpha value is -2.68. The lowest BCUT2D eigenvalue weighted by Crippen LogP contribution is -2.07. The molecule has 118 valence electrons. The van der Waals surface area contributed by atoms with Gasteiger partial charge in [-0.3, -0.25) is 0 Å². The van der Waals surface area contributed by atoms with E-state index in [2.05, 4.69) is 23.2 Å². The number of fused-ring (bicyclic) bond motifs is 5. The largest absolute Gasteiger partial charge is 0.361 e. The van der Waals surface area contributed by atoms with Crippen molar-refractivity contribution in [2.24, 2.45) is 0 Å². The summed E-state index contributed by atoms with van der Waals surface area (Å²) < 4.78 is 13.3. The standard InChI is InChI=1S/C21H17FN2/c22-14-7-5-13(6-8-14)21-16-4-2-1-3-15(16)20-17-11-12-23-18(17)9-10-19(20)24-21/h5-12,23H,1-4H2. The van der Waals surface area contributed by atoms with E-state index >= 15 is 0 Å². The van der Waals surface area contributed by atoms with Crippen molar-refractivity contribution in [2.75, 3.05) is 0 Å². The summed E-state index contributed by atoms with van der Waals surface area (Å²) in [6, 6.07) is 13.0. The molecule has 1 aliphatic rings. The van der Waals surface area contributed by atoms with Crippen LogP contribution in [0.4, 0.5) is 4.39 Å². The molecule has 2 aromatic heterocycles. The quantitative estimate of drug-likeness (QED) is 0.500. The first-order valence-corrected chi connectivity index (χ1v) is 8.49. The van der Waals surface area contributed by atoms with Gasteiger partial charge in [0.15, 0.2) is 0 Å². The number of halogens is 1. The molecule has 0 saturated heterocycles. The summed E-state index contributed by atoms with van der Waals surface area (Å²) in [6.45, 7) is 0. The molecule has 4 aromatic rings. The van der Waals surface area contributed by atoms with Crippen molar-refractivity contribution < 1.29 is 4.39 Å². The molecule has 0 saturated carbocycles. The first kappa shape index (κ1) is 13.7. The Bertz CT molecular complexity index is 1060. The number of hydrogen-bond acceptors (Lipinski definition) is 1.